The van der Waals surface area contributed by atoms with Crippen LogP contribution in [0.5, 0.6) is 5.75 Å². The fraction of sp³-hybridized carbons (Fsp3) is 0.167. The predicted octanol–water partition coefficient (Wildman–Crippen LogP) is 2.30. The first kappa shape index (κ1) is 7.69. The van der Waals surface area contributed by atoms with Gasteiger partial charge in [0.1, 0.15) is 11.7 Å². The summed E-state index contributed by atoms with van der Waals surface area (Å²) in [4.78, 5) is 3.86. The van der Waals surface area contributed by atoms with Crippen molar-refractivity contribution in [1.82, 2.24) is 4.98 Å². The Morgan fingerprint density at radius 1 is 1.70 bits per heavy atom. The van der Waals surface area contributed by atoms with E-state index in [2.05, 4.69) is 4.98 Å². The van der Waals surface area contributed by atoms with Gasteiger partial charge in [0.05, 0.1) is 6.20 Å². The van der Waals surface area contributed by atoms with E-state index in [4.69, 9.17) is 15.4 Å². The van der Waals surface area contributed by atoms with Gasteiger partial charge in [0.15, 0.2) is 0 Å². The van der Waals surface area contributed by atoms with Crippen molar-refractivity contribution in [3.8, 4) is 5.75 Å². The van der Waals surface area contributed by atoms with Gasteiger partial charge in [0, 0.05) is 6.20 Å². The summed E-state index contributed by atoms with van der Waals surface area (Å²) in [6.07, 6.45) is 3.34. The van der Waals surface area contributed by atoms with Gasteiger partial charge in [0.2, 0.25) is 0 Å². The molecule has 0 spiro atoms. The molecule has 0 aliphatic rings. The Bertz CT molecular complexity index is 182. The molecule has 0 saturated heterocycles. The maximum Gasteiger partial charge on any atom is 0.148 e. The van der Waals surface area contributed by atoms with Gasteiger partial charge in [-0.3, -0.25) is 4.98 Å². The van der Waals surface area contributed by atoms with Crippen LogP contribution in [0.15, 0.2) is 24.5 Å². The SMILES string of the molecule is ClSCOc1cccnc1. The number of pyridine rings is 1. The van der Waals surface area contributed by atoms with Gasteiger partial charge in [-0.05, 0) is 33.8 Å². The van der Waals surface area contributed by atoms with Crippen molar-refractivity contribution in [2.24, 2.45) is 0 Å². The molecule has 54 valence electrons. The van der Waals surface area contributed by atoms with E-state index in [1.807, 2.05) is 12.1 Å². The molecule has 0 bridgehead atoms. The van der Waals surface area contributed by atoms with Crippen LogP contribution in [-0.2, 0) is 0 Å². The van der Waals surface area contributed by atoms with Crippen molar-refractivity contribution in [2.45, 2.75) is 0 Å². The van der Waals surface area contributed by atoms with Gasteiger partial charge < -0.3 is 4.74 Å². The van der Waals surface area contributed by atoms with Crippen molar-refractivity contribution in [3.63, 3.8) is 0 Å². The van der Waals surface area contributed by atoms with E-state index < -0.39 is 0 Å². The molecule has 0 aromatic carbocycles. The monoisotopic (exact) mass is 175 g/mol. The Labute approximate surface area is 68.1 Å². The third-order valence-corrected chi connectivity index (χ3v) is 1.38. The molecule has 1 heterocycles. The summed E-state index contributed by atoms with van der Waals surface area (Å²) in [5, 5.41) is 0. The largest absolute Gasteiger partial charge is 0.480 e. The van der Waals surface area contributed by atoms with Crippen LogP contribution in [0.25, 0.3) is 0 Å². The number of rotatable bonds is 3. The molecule has 0 atom stereocenters. The maximum atomic E-state index is 5.32. The van der Waals surface area contributed by atoms with Crippen LogP contribution in [0.2, 0.25) is 0 Å². The summed E-state index contributed by atoms with van der Waals surface area (Å²) in [5.74, 6) is 1.20. The second-order valence-electron chi connectivity index (χ2n) is 1.56. The van der Waals surface area contributed by atoms with Gasteiger partial charge in [-0.15, -0.1) is 0 Å². The molecule has 2 nitrogen and oxygen atoms in total. The van der Waals surface area contributed by atoms with Crippen molar-refractivity contribution in [1.29, 1.82) is 0 Å². The lowest BCUT2D eigenvalue weighted by molar-refractivity contribution is 0.392. The van der Waals surface area contributed by atoms with E-state index in [0.29, 0.717) is 5.94 Å². The highest BCUT2D eigenvalue weighted by Gasteiger charge is 1.88. The molecular weight excluding hydrogens is 170 g/mol. The van der Waals surface area contributed by atoms with Crippen molar-refractivity contribution < 1.29 is 4.74 Å². The Hall–Kier alpha value is -0.410. The smallest absolute Gasteiger partial charge is 0.148 e. The van der Waals surface area contributed by atoms with Crippen molar-refractivity contribution in [2.75, 3.05) is 5.94 Å². The van der Waals surface area contributed by atoms with Crippen molar-refractivity contribution in [3.05, 3.63) is 24.5 Å². The normalized spacial score (nSPS) is 9.30. The number of aromatic nitrogens is 1. The Morgan fingerprint density at radius 2 is 2.60 bits per heavy atom. The predicted molar refractivity (Wildman–Crippen MR) is 43.2 cm³/mol. The lowest BCUT2D eigenvalue weighted by Crippen LogP contribution is -1.89. The van der Waals surface area contributed by atoms with Crippen LogP contribution in [-0.4, -0.2) is 10.9 Å². The van der Waals surface area contributed by atoms with Crippen LogP contribution in [0, 0.1) is 0 Å². The molecule has 0 unspecified atom stereocenters. The molecule has 0 saturated carbocycles. The van der Waals surface area contributed by atoms with Crippen LogP contribution in [0.4, 0.5) is 0 Å². The highest BCUT2D eigenvalue weighted by atomic mass is 35.7. The number of halogens is 1. The zero-order valence-corrected chi connectivity index (χ0v) is 6.73. The van der Waals surface area contributed by atoms with E-state index in [-0.39, 0.29) is 0 Å². The fourth-order valence-electron chi connectivity index (χ4n) is 0.523. The maximum absolute atomic E-state index is 5.32. The highest BCUT2D eigenvalue weighted by molar-refractivity contribution is 8.20. The van der Waals surface area contributed by atoms with Crippen LogP contribution < -0.4 is 4.74 Å². The van der Waals surface area contributed by atoms with E-state index >= 15 is 0 Å². The molecule has 0 amide bonds. The molecule has 0 aliphatic heterocycles. The first-order valence-corrected chi connectivity index (χ1v) is 4.51. The summed E-state index contributed by atoms with van der Waals surface area (Å²) in [6.45, 7) is 0. The van der Waals surface area contributed by atoms with Gasteiger partial charge in [0.25, 0.3) is 0 Å². The Kier molecular flexibility index (Phi) is 3.40. The Balaban J connectivity index is 2.43. The molecular formula is C6H6ClNOS. The fourth-order valence-corrected chi connectivity index (χ4v) is 0.837. The topological polar surface area (TPSA) is 22.1 Å². The molecule has 0 radical (unpaired) electrons. The molecule has 4 heteroatoms. The Morgan fingerprint density at radius 3 is 3.20 bits per heavy atom. The zero-order chi connectivity index (χ0) is 7.23. The summed E-state index contributed by atoms with van der Waals surface area (Å²) in [7, 11) is 6.44. The average Bonchev–Trinajstić information content (AvgIpc) is 2.03. The first-order valence-electron chi connectivity index (χ1n) is 2.70. The second-order valence-corrected chi connectivity index (χ2v) is 2.67. The van der Waals surface area contributed by atoms with Crippen LogP contribution in [0.1, 0.15) is 0 Å². The number of hydrogen-bond acceptors (Lipinski definition) is 3. The van der Waals surface area contributed by atoms with Gasteiger partial charge >= 0.3 is 0 Å². The molecule has 0 fully saturated rings. The third kappa shape index (κ3) is 2.45. The number of nitrogens with zero attached hydrogens (tertiary/aromatic N) is 1. The van der Waals surface area contributed by atoms with Gasteiger partial charge in [-0.2, -0.15) is 0 Å². The van der Waals surface area contributed by atoms with Gasteiger partial charge in [-0.25, -0.2) is 0 Å². The standard InChI is InChI=1S/C6H6ClNOS/c7-10-5-9-6-2-1-3-8-4-6/h1-4H,5H2. The quantitative estimate of drug-likeness (QED) is 0.659. The highest BCUT2D eigenvalue weighted by Crippen LogP contribution is 2.11. The minimum Gasteiger partial charge on any atom is -0.480 e. The molecule has 1 aromatic heterocycles. The number of hydrogen-bond donors (Lipinski definition) is 0. The second kappa shape index (κ2) is 4.41. The number of ether oxygens (including phenoxy) is 1. The van der Waals surface area contributed by atoms with Crippen LogP contribution >= 0.6 is 21.7 Å². The first-order chi connectivity index (χ1) is 4.93. The molecule has 1 rings (SSSR count). The third-order valence-electron chi connectivity index (χ3n) is 0.905. The van der Waals surface area contributed by atoms with Crippen LogP contribution in [0.3, 0.4) is 0 Å². The van der Waals surface area contributed by atoms with Gasteiger partial charge in [-0.1, -0.05) is 0 Å². The zero-order valence-electron chi connectivity index (χ0n) is 5.16. The summed E-state index contributed by atoms with van der Waals surface area (Å²) < 4.78 is 5.12. The molecule has 10 heavy (non-hydrogen) atoms. The van der Waals surface area contributed by atoms with E-state index in [0.717, 1.165) is 16.7 Å². The summed E-state index contributed by atoms with van der Waals surface area (Å²) >= 11 is 0. The summed E-state index contributed by atoms with van der Waals surface area (Å²) in [5.41, 5.74) is 0. The van der Waals surface area contributed by atoms with E-state index in [9.17, 15) is 0 Å². The summed E-state index contributed by atoms with van der Waals surface area (Å²) in [6, 6.07) is 3.65. The van der Waals surface area contributed by atoms with E-state index in [1.165, 1.54) is 0 Å². The molecule has 1 aromatic rings. The lowest BCUT2D eigenvalue weighted by Gasteiger charge is -1.99. The lowest BCUT2D eigenvalue weighted by atomic mass is 10.5. The minimum atomic E-state index is 0.452. The molecule has 0 aliphatic carbocycles. The minimum absolute atomic E-state index is 0.452. The van der Waals surface area contributed by atoms with E-state index in [1.54, 1.807) is 12.4 Å². The average molecular weight is 176 g/mol. The molecule has 0 N–H and O–H groups in total. The van der Waals surface area contributed by atoms with Crippen molar-refractivity contribution >= 4 is 21.7 Å².